The molecule has 1 heterocycles. The Kier molecular flexibility index (Phi) is 4.10. The molecule has 0 N–H and O–H groups in total. The Morgan fingerprint density at radius 3 is 2.28 bits per heavy atom. The van der Waals surface area contributed by atoms with E-state index in [1.807, 2.05) is 35.2 Å². The first kappa shape index (κ1) is 12.8. The summed E-state index contributed by atoms with van der Waals surface area (Å²) in [5.74, 6) is 1.23. The molecular formula is C13H15ClN4. The van der Waals surface area contributed by atoms with Crippen molar-refractivity contribution in [1.29, 1.82) is 0 Å². The summed E-state index contributed by atoms with van der Waals surface area (Å²) >= 11 is 5.97. The summed E-state index contributed by atoms with van der Waals surface area (Å²) in [6.07, 6.45) is 0. The van der Waals surface area contributed by atoms with Crippen LogP contribution in [0.25, 0.3) is 11.4 Å². The van der Waals surface area contributed by atoms with Gasteiger partial charge in [0.25, 0.3) is 0 Å². The van der Waals surface area contributed by atoms with Crippen molar-refractivity contribution in [2.24, 2.45) is 0 Å². The van der Waals surface area contributed by atoms with E-state index in [9.17, 15) is 0 Å². The predicted octanol–water partition coefficient (Wildman–Crippen LogP) is 3.04. The molecule has 0 aliphatic rings. The highest BCUT2D eigenvalue weighted by Gasteiger charge is 2.10. The first-order valence-electron chi connectivity index (χ1n) is 5.96. The van der Waals surface area contributed by atoms with Crippen molar-refractivity contribution in [2.45, 2.75) is 13.8 Å². The molecule has 0 saturated heterocycles. The summed E-state index contributed by atoms with van der Waals surface area (Å²) in [6, 6.07) is 9.77. The van der Waals surface area contributed by atoms with Crippen molar-refractivity contribution in [2.75, 3.05) is 18.0 Å². The summed E-state index contributed by atoms with van der Waals surface area (Å²) in [7, 11) is 0. The Morgan fingerprint density at radius 2 is 1.67 bits per heavy atom. The standard InChI is InChI=1S/C13H15ClN4/c1-3-18(4-2)13-16-11(15-12(14)17-13)10-8-6-5-7-9-10/h5-9H,3-4H2,1-2H3. The normalized spacial score (nSPS) is 10.4. The van der Waals surface area contributed by atoms with Gasteiger partial charge in [0, 0.05) is 18.7 Å². The van der Waals surface area contributed by atoms with E-state index in [1.165, 1.54) is 0 Å². The smallest absolute Gasteiger partial charge is 0.230 e. The molecule has 1 aromatic carbocycles. The average Bonchev–Trinajstić information content (AvgIpc) is 2.40. The van der Waals surface area contributed by atoms with Gasteiger partial charge in [-0.1, -0.05) is 30.3 Å². The number of nitrogens with zero attached hydrogens (tertiary/aromatic N) is 4. The third-order valence-corrected chi connectivity index (χ3v) is 2.84. The van der Waals surface area contributed by atoms with E-state index in [-0.39, 0.29) is 5.28 Å². The van der Waals surface area contributed by atoms with Crippen LogP contribution in [0.15, 0.2) is 30.3 Å². The summed E-state index contributed by atoms with van der Waals surface area (Å²) < 4.78 is 0. The zero-order chi connectivity index (χ0) is 13.0. The number of benzene rings is 1. The van der Waals surface area contributed by atoms with Gasteiger partial charge in [-0.15, -0.1) is 0 Å². The fourth-order valence-corrected chi connectivity index (χ4v) is 1.86. The van der Waals surface area contributed by atoms with E-state index in [0.29, 0.717) is 11.8 Å². The van der Waals surface area contributed by atoms with Gasteiger partial charge in [-0.3, -0.25) is 0 Å². The molecule has 4 nitrogen and oxygen atoms in total. The fourth-order valence-electron chi connectivity index (χ4n) is 1.70. The Morgan fingerprint density at radius 1 is 1.00 bits per heavy atom. The fraction of sp³-hybridized carbons (Fsp3) is 0.308. The minimum absolute atomic E-state index is 0.228. The number of aromatic nitrogens is 3. The first-order chi connectivity index (χ1) is 8.74. The van der Waals surface area contributed by atoms with Crippen LogP contribution in [0.4, 0.5) is 5.95 Å². The van der Waals surface area contributed by atoms with Crippen molar-refractivity contribution in [1.82, 2.24) is 15.0 Å². The highest BCUT2D eigenvalue weighted by atomic mass is 35.5. The lowest BCUT2D eigenvalue weighted by atomic mass is 10.2. The topological polar surface area (TPSA) is 41.9 Å². The molecule has 0 atom stereocenters. The molecule has 0 fully saturated rings. The van der Waals surface area contributed by atoms with Crippen LogP contribution < -0.4 is 4.90 Å². The molecule has 94 valence electrons. The Balaban J connectivity index is 2.44. The van der Waals surface area contributed by atoms with Crippen molar-refractivity contribution < 1.29 is 0 Å². The molecule has 5 heteroatoms. The van der Waals surface area contributed by atoms with Crippen LogP contribution in [-0.4, -0.2) is 28.0 Å². The van der Waals surface area contributed by atoms with Gasteiger partial charge in [-0.2, -0.15) is 15.0 Å². The second-order valence-electron chi connectivity index (χ2n) is 3.77. The lowest BCUT2D eigenvalue weighted by Gasteiger charge is -2.18. The summed E-state index contributed by atoms with van der Waals surface area (Å²) in [5.41, 5.74) is 0.940. The van der Waals surface area contributed by atoms with E-state index >= 15 is 0 Å². The lowest BCUT2D eigenvalue weighted by Crippen LogP contribution is -2.24. The zero-order valence-electron chi connectivity index (χ0n) is 10.5. The van der Waals surface area contributed by atoms with Crippen LogP contribution in [-0.2, 0) is 0 Å². The van der Waals surface area contributed by atoms with E-state index in [4.69, 9.17) is 11.6 Å². The number of rotatable bonds is 4. The molecule has 0 amide bonds. The Labute approximate surface area is 112 Å². The predicted molar refractivity (Wildman–Crippen MR) is 73.8 cm³/mol. The molecule has 18 heavy (non-hydrogen) atoms. The van der Waals surface area contributed by atoms with Gasteiger partial charge in [-0.25, -0.2) is 0 Å². The number of hydrogen-bond donors (Lipinski definition) is 0. The van der Waals surface area contributed by atoms with Crippen LogP contribution in [0.5, 0.6) is 0 Å². The van der Waals surface area contributed by atoms with E-state index < -0.39 is 0 Å². The van der Waals surface area contributed by atoms with Gasteiger partial charge >= 0.3 is 0 Å². The highest BCUT2D eigenvalue weighted by molar-refractivity contribution is 6.28. The first-order valence-corrected chi connectivity index (χ1v) is 6.34. The Hall–Kier alpha value is -1.68. The van der Waals surface area contributed by atoms with Crippen LogP contribution in [0.1, 0.15) is 13.8 Å². The quantitative estimate of drug-likeness (QED) is 0.849. The minimum Gasteiger partial charge on any atom is -0.341 e. The van der Waals surface area contributed by atoms with Gasteiger partial charge in [-0.05, 0) is 25.4 Å². The Bertz CT molecular complexity index is 512. The molecule has 0 radical (unpaired) electrons. The molecule has 2 aromatic rings. The monoisotopic (exact) mass is 262 g/mol. The maximum Gasteiger partial charge on any atom is 0.230 e. The highest BCUT2D eigenvalue weighted by Crippen LogP contribution is 2.19. The van der Waals surface area contributed by atoms with E-state index in [2.05, 4.69) is 28.8 Å². The number of hydrogen-bond acceptors (Lipinski definition) is 4. The summed E-state index contributed by atoms with van der Waals surface area (Å²) in [4.78, 5) is 14.8. The van der Waals surface area contributed by atoms with Gasteiger partial charge in [0.2, 0.25) is 11.2 Å². The van der Waals surface area contributed by atoms with Gasteiger partial charge in [0.1, 0.15) is 0 Å². The minimum atomic E-state index is 0.228. The van der Waals surface area contributed by atoms with Crippen molar-refractivity contribution >= 4 is 17.5 Å². The van der Waals surface area contributed by atoms with E-state index in [1.54, 1.807) is 0 Å². The average molecular weight is 263 g/mol. The number of halogens is 1. The van der Waals surface area contributed by atoms with Gasteiger partial charge < -0.3 is 4.90 Å². The molecule has 1 aromatic heterocycles. The third kappa shape index (κ3) is 2.76. The van der Waals surface area contributed by atoms with E-state index in [0.717, 1.165) is 18.7 Å². The van der Waals surface area contributed by atoms with Crippen molar-refractivity contribution in [3.05, 3.63) is 35.6 Å². The van der Waals surface area contributed by atoms with Gasteiger partial charge in [0.15, 0.2) is 5.82 Å². The molecule has 0 unspecified atom stereocenters. The largest absolute Gasteiger partial charge is 0.341 e. The molecular weight excluding hydrogens is 248 g/mol. The molecule has 0 spiro atoms. The molecule has 0 saturated carbocycles. The van der Waals surface area contributed by atoms with Crippen LogP contribution in [0.2, 0.25) is 5.28 Å². The van der Waals surface area contributed by atoms with Crippen molar-refractivity contribution in [3.8, 4) is 11.4 Å². The maximum atomic E-state index is 5.97. The van der Waals surface area contributed by atoms with Crippen molar-refractivity contribution in [3.63, 3.8) is 0 Å². The summed E-state index contributed by atoms with van der Waals surface area (Å²) in [6.45, 7) is 5.79. The van der Waals surface area contributed by atoms with Crippen LogP contribution in [0.3, 0.4) is 0 Å². The SMILES string of the molecule is CCN(CC)c1nc(Cl)nc(-c2ccccc2)n1. The second-order valence-corrected chi connectivity index (χ2v) is 4.10. The molecule has 0 aliphatic carbocycles. The lowest BCUT2D eigenvalue weighted by molar-refractivity contribution is 0.813. The number of anilines is 1. The van der Waals surface area contributed by atoms with Crippen LogP contribution in [0, 0.1) is 0 Å². The second kappa shape index (κ2) is 5.78. The molecule has 0 bridgehead atoms. The van der Waals surface area contributed by atoms with Gasteiger partial charge in [0.05, 0.1) is 0 Å². The van der Waals surface area contributed by atoms with Crippen LogP contribution >= 0.6 is 11.6 Å². The maximum absolute atomic E-state index is 5.97. The zero-order valence-corrected chi connectivity index (χ0v) is 11.2. The molecule has 0 aliphatic heterocycles. The summed E-state index contributed by atoms with van der Waals surface area (Å²) in [5, 5.41) is 0.228. The molecule has 2 rings (SSSR count). The third-order valence-electron chi connectivity index (χ3n) is 2.67.